The molecule has 0 amide bonds. The van der Waals surface area contributed by atoms with Crippen LogP contribution in [0.5, 0.6) is 0 Å². The Labute approximate surface area is 160 Å². The first-order valence-electron chi connectivity index (χ1n) is 7.58. The predicted molar refractivity (Wildman–Crippen MR) is 101 cm³/mol. The quantitative estimate of drug-likeness (QED) is 0.394. The number of alkyl halides is 2. The fraction of sp³-hybridized carbons (Fsp3) is 0.118. The van der Waals surface area contributed by atoms with Crippen LogP contribution in [0.15, 0.2) is 53.6 Å². The number of benzene rings is 2. The van der Waals surface area contributed by atoms with E-state index in [-0.39, 0.29) is 10.1 Å². The minimum atomic E-state index is -2.65. The Bertz CT molecular complexity index is 1050. The third-order valence-corrected chi connectivity index (χ3v) is 5.92. The predicted octanol–water partition coefficient (Wildman–Crippen LogP) is 5.76. The maximum Gasteiger partial charge on any atom is 0.291 e. The van der Waals surface area contributed by atoms with E-state index in [4.69, 9.17) is 11.6 Å². The standard InChI is InChI=1S/C17H11ClF2N4S2/c18-13-6-11(25-9-10-4-2-1-3-5-10)7-14-12(13)8-21-24(14)17-23-22-16(26-17)15(19)20/h1-8,15H,9H2. The van der Waals surface area contributed by atoms with Crippen LogP contribution in [-0.2, 0) is 5.75 Å². The van der Waals surface area contributed by atoms with Gasteiger partial charge in [0.15, 0.2) is 5.01 Å². The van der Waals surface area contributed by atoms with E-state index >= 15 is 0 Å². The molecule has 2 heterocycles. The van der Waals surface area contributed by atoms with Gasteiger partial charge in [0.05, 0.1) is 16.7 Å². The van der Waals surface area contributed by atoms with E-state index in [0.717, 1.165) is 27.4 Å². The van der Waals surface area contributed by atoms with E-state index in [2.05, 4.69) is 27.4 Å². The zero-order valence-corrected chi connectivity index (χ0v) is 15.5. The van der Waals surface area contributed by atoms with Crippen molar-refractivity contribution in [1.29, 1.82) is 0 Å². The number of halogens is 3. The third kappa shape index (κ3) is 3.44. The summed E-state index contributed by atoms with van der Waals surface area (Å²) in [6.07, 6.45) is -1.05. The average molecular weight is 409 g/mol. The number of thioether (sulfide) groups is 1. The third-order valence-electron chi connectivity index (χ3n) is 3.66. The summed E-state index contributed by atoms with van der Waals surface area (Å²) in [5.41, 5.74) is 1.91. The summed E-state index contributed by atoms with van der Waals surface area (Å²) in [6.45, 7) is 0. The van der Waals surface area contributed by atoms with Crippen LogP contribution in [0.4, 0.5) is 8.78 Å². The van der Waals surface area contributed by atoms with Gasteiger partial charge < -0.3 is 0 Å². The molecule has 9 heteroatoms. The lowest BCUT2D eigenvalue weighted by molar-refractivity contribution is 0.150. The molecule has 0 bridgehead atoms. The van der Waals surface area contributed by atoms with Crippen LogP contribution < -0.4 is 0 Å². The molecule has 132 valence electrons. The Morgan fingerprint density at radius 1 is 1.15 bits per heavy atom. The van der Waals surface area contributed by atoms with Crippen molar-refractivity contribution in [3.8, 4) is 5.13 Å². The summed E-state index contributed by atoms with van der Waals surface area (Å²) in [4.78, 5) is 0.965. The van der Waals surface area contributed by atoms with Crippen LogP contribution in [-0.4, -0.2) is 20.0 Å². The highest BCUT2D eigenvalue weighted by Gasteiger charge is 2.18. The largest absolute Gasteiger partial charge is 0.291 e. The van der Waals surface area contributed by atoms with Crippen LogP contribution in [0.3, 0.4) is 0 Å². The van der Waals surface area contributed by atoms with Gasteiger partial charge in [-0.05, 0) is 17.7 Å². The Hall–Kier alpha value is -2.03. The van der Waals surface area contributed by atoms with Crippen molar-refractivity contribution in [2.24, 2.45) is 0 Å². The SMILES string of the molecule is FC(F)c1nnc(-n2ncc3c(Cl)cc(SCc4ccccc4)cc32)s1. The number of hydrogen-bond acceptors (Lipinski definition) is 5. The smallest absolute Gasteiger partial charge is 0.204 e. The lowest BCUT2D eigenvalue weighted by atomic mass is 10.2. The number of fused-ring (bicyclic) bond motifs is 1. The molecule has 0 saturated heterocycles. The number of aromatic nitrogens is 4. The summed E-state index contributed by atoms with van der Waals surface area (Å²) in [7, 11) is 0. The van der Waals surface area contributed by atoms with Crippen LogP contribution in [0.1, 0.15) is 17.0 Å². The van der Waals surface area contributed by atoms with Gasteiger partial charge in [-0.2, -0.15) is 5.10 Å². The molecule has 4 aromatic rings. The Kier molecular flexibility index (Phi) is 4.88. The second-order valence-corrected chi connectivity index (χ2v) is 7.84. The first kappa shape index (κ1) is 17.4. The number of nitrogens with zero attached hydrogens (tertiary/aromatic N) is 4. The van der Waals surface area contributed by atoms with Crippen LogP contribution >= 0.6 is 34.7 Å². The molecule has 0 radical (unpaired) electrons. The van der Waals surface area contributed by atoms with E-state index in [1.807, 2.05) is 30.3 Å². The second-order valence-electron chi connectivity index (χ2n) is 5.39. The average Bonchev–Trinajstić information content (AvgIpc) is 3.28. The molecule has 2 aromatic heterocycles. The van der Waals surface area contributed by atoms with E-state index in [1.54, 1.807) is 18.0 Å². The maximum atomic E-state index is 12.8. The van der Waals surface area contributed by atoms with E-state index in [0.29, 0.717) is 10.5 Å². The molecule has 0 spiro atoms. The summed E-state index contributed by atoms with van der Waals surface area (Å²) in [5.74, 6) is 0.797. The zero-order chi connectivity index (χ0) is 18.1. The molecule has 4 rings (SSSR count). The molecule has 0 aliphatic rings. The fourth-order valence-corrected chi connectivity index (χ4v) is 4.36. The summed E-state index contributed by atoms with van der Waals surface area (Å²) >= 11 is 8.84. The molecule has 0 aliphatic carbocycles. The molecular weight excluding hydrogens is 398 g/mol. The molecule has 0 N–H and O–H groups in total. The fourth-order valence-electron chi connectivity index (χ4n) is 2.44. The van der Waals surface area contributed by atoms with E-state index in [1.165, 1.54) is 10.2 Å². The Morgan fingerprint density at radius 2 is 1.96 bits per heavy atom. The van der Waals surface area contributed by atoms with Crippen molar-refractivity contribution in [2.75, 3.05) is 0 Å². The summed E-state index contributed by atoms with van der Waals surface area (Å²) in [6, 6.07) is 13.9. The number of hydrogen-bond donors (Lipinski definition) is 0. The zero-order valence-electron chi connectivity index (χ0n) is 13.1. The van der Waals surface area contributed by atoms with Crippen LogP contribution in [0.25, 0.3) is 16.0 Å². The van der Waals surface area contributed by atoms with Crippen molar-refractivity contribution >= 4 is 45.6 Å². The molecule has 4 nitrogen and oxygen atoms in total. The molecule has 2 aromatic carbocycles. The highest BCUT2D eigenvalue weighted by atomic mass is 35.5. The molecule has 0 unspecified atom stereocenters. The number of rotatable bonds is 5. The summed E-state index contributed by atoms with van der Waals surface area (Å²) < 4.78 is 27.1. The lowest BCUT2D eigenvalue weighted by Crippen LogP contribution is -1.95. The van der Waals surface area contributed by atoms with Gasteiger partial charge in [-0.1, -0.05) is 53.3 Å². The van der Waals surface area contributed by atoms with Gasteiger partial charge in [0.1, 0.15) is 0 Å². The second kappa shape index (κ2) is 7.30. The molecule has 0 fully saturated rings. The molecule has 0 atom stereocenters. The van der Waals surface area contributed by atoms with Gasteiger partial charge >= 0.3 is 0 Å². The Morgan fingerprint density at radius 3 is 2.69 bits per heavy atom. The molecule has 0 aliphatic heterocycles. The topological polar surface area (TPSA) is 43.6 Å². The van der Waals surface area contributed by atoms with Gasteiger partial charge in [0.2, 0.25) is 5.13 Å². The van der Waals surface area contributed by atoms with Crippen molar-refractivity contribution < 1.29 is 8.78 Å². The van der Waals surface area contributed by atoms with Crippen LogP contribution in [0, 0.1) is 0 Å². The van der Waals surface area contributed by atoms with E-state index in [9.17, 15) is 8.78 Å². The highest BCUT2D eigenvalue weighted by Crippen LogP contribution is 2.34. The molecule has 26 heavy (non-hydrogen) atoms. The normalized spacial score (nSPS) is 11.5. The Balaban J connectivity index is 1.68. The maximum absolute atomic E-state index is 12.8. The monoisotopic (exact) mass is 408 g/mol. The van der Waals surface area contributed by atoms with Crippen molar-refractivity contribution in [3.05, 3.63) is 64.3 Å². The van der Waals surface area contributed by atoms with Crippen molar-refractivity contribution in [2.45, 2.75) is 17.1 Å². The minimum Gasteiger partial charge on any atom is -0.204 e. The van der Waals surface area contributed by atoms with Gasteiger partial charge in [-0.25, -0.2) is 13.5 Å². The van der Waals surface area contributed by atoms with Gasteiger partial charge in [0, 0.05) is 16.0 Å². The minimum absolute atomic E-state index is 0.288. The summed E-state index contributed by atoms with van der Waals surface area (Å²) in [5, 5.41) is 12.8. The van der Waals surface area contributed by atoms with Crippen molar-refractivity contribution in [3.63, 3.8) is 0 Å². The van der Waals surface area contributed by atoms with Gasteiger partial charge in [-0.3, -0.25) is 0 Å². The lowest BCUT2D eigenvalue weighted by Gasteiger charge is -2.05. The van der Waals surface area contributed by atoms with Crippen LogP contribution in [0.2, 0.25) is 5.02 Å². The van der Waals surface area contributed by atoms with Crippen molar-refractivity contribution in [1.82, 2.24) is 20.0 Å². The highest BCUT2D eigenvalue weighted by molar-refractivity contribution is 7.98. The molecular formula is C17H11ClF2N4S2. The van der Waals surface area contributed by atoms with Gasteiger partial charge in [-0.15, -0.1) is 22.0 Å². The van der Waals surface area contributed by atoms with Gasteiger partial charge in [0.25, 0.3) is 6.43 Å². The first-order chi connectivity index (χ1) is 12.6. The molecule has 0 saturated carbocycles. The first-order valence-corrected chi connectivity index (χ1v) is 9.76. The van der Waals surface area contributed by atoms with E-state index < -0.39 is 6.43 Å².